The summed E-state index contributed by atoms with van der Waals surface area (Å²) in [5, 5.41) is 46.5. The first kappa shape index (κ1) is 14.8. The second-order valence-corrected chi connectivity index (χ2v) is 3.76. The predicted octanol–water partition coefficient (Wildman–Crippen LogP) is -3.41. The van der Waals surface area contributed by atoms with Crippen molar-refractivity contribution in [3.05, 3.63) is 0 Å². The highest BCUT2D eigenvalue weighted by Gasteiger charge is 2.53. The second-order valence-electron chi connectivity index (χ2n) is 3.76. The summed E-state index contributed by atoms with van der Waals surface area (Å²) < 4.78 is 8.70. The maximum absolute atomic E-state index is 11.2. The molecule has 1 heterocycles. The van der Waals surface area contributed by atoms with Crippen LogP contribution in [0.3, 0.4) is 0 Å². The third-order valence-corrected chi connectivity index (χ3v) is 2.38. The average Bonchev–Trinajstić information content (AvgIpc) is 2.33. The van der Waals surface area contributed by atoms with E-state index in [-0.39, 0.29) is 6.42 Å². The van der Waals surface area contributed by atoms with Gasteiger partial charge in [-0.05, 0) is 0 Å². The molecule has 0 aromatic carbocycles. The van der Waals surface area contributed by atoms with E-state index in [4.69, 9.17) is 5.11 Å². The van der Waals surface area contributed by atoms with Gasteiger partial charge < -0.3 is 35.0 Å². The number of aliphatic hydroxyl groups excluding tert-OH is 4. The van der Waals surface area contributed by atoms with Gasteiger partial charge in [0.25, 0.3) is 6.29 Å². The van der Waals surface area contributed by atoms with Crippen LogP contribution >= 0.6 is 0 Å². The number of hydrogen-bond donors (Lipinski definition) is 5. The van der Waals surface area contributed by atoms with Gasteiger partial charge in [-0.15, -0.1) is 0 Å². The van der Waals surface area contributed by atoms with Crippen LogP contribution in [0.1, 0.15) is 12.8 Å². The Balaban J connectivity index is 2.98. The van der Waals surface area contributed by atoms with Gasteiger partial charge in [0.15, 0.2) is 6.10 Å². The van der Waals surface area contributed by atoms with Crippen LogP contribution in [0.5, 0.6) is 0 Å². The van der Waals surface area contributed by atoms with Crippen molar-refractivity contribution in [1.29, 1.82) is 0 Å². The zero-order valence-corrected chi connectivity index (χ0v) is 9.22. The molecule has 0 aliphatic carbocycles. The molecule has 1 aliphatic heterocycles. The summed E-state index contributed by atoms with van der Waals surface area (Å²) in [4.78, 5) is 22.2. The molecule has 9 heteroatoms. The van der Waals surface area contributed by atoms with Crippen LogP contribution in [0.4, 0.5) is 0 Å². The fourth-order valence-electron chi connectivity index (χ4n) is 1.34. The third-order valence-electron chi connectivity index (χ3n) is 2.38. The van der Waals surface area contributed by atoms with Crippen molar-refractivity contribution in [1.82, 2.24) is 0 Å². The van der Waals surface area contributed by atoms with E-state index < -0.39 is 49.3 Å². The number of carbonyl (C=O) groups is 2. The van der Waals surface area contributed by atoms with Crippen LogP contribution in [0.15, 0.2) is 0 Å². The molecule has 104 valence electrons. The van der Waals surface area contributed by atoms with Crippen LogP contribution in [0.2, 0.25) is 0 Å². The summed E-state index contributed by atoms with van der Waals surface area (Å²) in [5.41, 5.74) is 0. The predicted molar refractivity (Wildman–Crippen MR) is 51.5 cm³/mol. The number of hydrogen-bond acceptors (Lipinski definition) is 9. The van der Waals surface area contributed by atoms with Gasteiger partial charge >= 0.3 is 17.7 Å². The standard InChI is InChI=1S/C9H14O9/c10-3-4(11)7(14)9(16)8(15)17-5(12)1-2-6(13)18-9/h4,7-8,10-11,14-16H,1-3H2/t4-,7-,8?,9-/m1/s1. The molecular formula is C9H14O9. The van der Waals surface area contributed by atoms with E-state index in [0.717, 1.165) is 0 Å². The molecular weight excluding hydrogens is 252 g/mol. The Hall–Kier alpha value is -1.26. The molecule has 0 aromatic heterocycles. The second kappa shape index (κ2) is 5.59. The minimum atomic E-state index is -3.05. The lowest BCUT2D eigenvalue weighted by Gasteiger charge is -2.37. The first-order chi connectivity index (χ1) is 8.31. The Morgan fingerprint density at radius 1 is 1.28 bits per heavy atom. The molecule has 0 saturated carbocycles. The SMILES string of the molecule is O=C1CCC(=O)O[C@](O)([C@H](O)[C@H](O)CO)C(O)O1. The van der Waals surface area contributed by atoms with Crippen molar-refractivity contribution >= 4 is 11.9 Å². The lowest BCUT2D eigenvalue weighted by molar-refractivity contribution is -0.346. The Labute approximate surface area is 101 Å². The molecule has 1 fully saturated rings. The Bertz CT molecular complexity index is 330. The first-order valence-corrected chi connectivity index (χ1v) is 5.10. The van der Waals surface area contributed by atoms with E-state index in [1.54, 1.807) is 0 Å². The van der Waals surface area contributed by atoms with Crippen LogP contribution in [0.25, 0.3) is 0 Å². The van der Waals surface area contributed by atoms with Crippen molar-refractivity contribution in [2.75, 3.05) is 6.61 Å². The van der Waals surface area contributed by atoms with E-state index in [9.17, 15) is 30.0 Å². The van der Waals surface area contributed by atoms with Crippen molar-refractivity contribution < 1.29 is 44.6 Å². The summed E-state index contributed by atoms with van der Waals surface area (Å²) in [6, 6.07) is 0. The largest absolute Gasteiger partial charge is 0.428 e. The number of rotatable bonds is 3. The Morgan fingerprint density at radius 2 is 1.83 bits per heavy atom. The number of aliphatic hydroxyl groups is 5. The monoisotopic (exact) mass is 266 g/mol. The molecule has 5 N–H and O–H groups in total. The molecule has 0 bridgehead atoms. The van der Waals surface area contributed by atoms with Gasteiger partial charge in [-0.2, -0.15) is 0 Å². The molecule has 1 rings (SSSR count). The van der Waals surface area contributed by atoms with Crippen molar-refractivity contribution in [2.45, 2.75) is 37.1 Å². The molecule has 1 unspecified atom stereocenters. The fourth-order valence-corrected chi connectivity index (χ4v) is 1.34. The van der Waals surface area contributed by atoms with Gasteiger partial charge in [0, 0.05) is 0 Å². The minimum absolute atomic E-state index is 0.357. The average molecular weight is 266 g/mol. The number of ether oxygens (including phenoxy) is 2. The van der Waals surface area contributed by atoms with Crippen LogP contribution in [-0.2, 0) is 19.1 Å². The molecule has 0 spiro atoms. The molecule has 9 nitrogen and oxygen atoms in total. The van der Waals surface area contributed by atoms with Gasteiger partial charge in [0.05, 0.1) is 19.4 Å². The summed E-state index contributed by atoms with van der Waals surface area (Å²) in [7, 11) is 0. The normalized spacial score (nSPS) is 32.8. The van der Waals surface area contributed by atoms with Crippen molar-refractivity contribution in [2.24, 2.45) is 0 Å². The summed E-state index contributed by atoms with van der Waals surface area (Å²) in [6.07, 6.45) is -7.33. The van der Waals surface area contributed by atoms with Gasteiger partial charge in [-0.25, -0.2) is 0 Å². The third kappa shape index (κ3) is 2.94. The summed E-state index contributed by atoms with van der Waals surface area (Å²) in [6.45, 7) is -0.971. The van der Waals surface area contributed by atoms with E-state index >= 15 is 0 Å². The van der Waals surface area contributed by atoms with Gasteiger partial charge in [0.1, 0.15) is 6.10 Å². The highest BCUT2D eigenvalue weighted by Crippen LogP contribution is 2.25. The Kier molecular flexibility index (Phi) is 4.59. The van der Waals surface area contributed by atoms with Crippen LogP contribution in [0, 0.1) is 0 Å². The van der Waals surface area contributed by atoms with Crippen LogP contribution in [-0.4, -0.2) is 68.4 Å². The van der Waals surface area contributed by atoms with Crippen molar-refractivity contribution in [3.8, 4) is 0 Å². The van der Waals surface area contributed by atoms with E-state index in [2.05, 4.69) is 9.47 Å². The van der Waals surface area contributed by atoms with Gasteiger partial charge in [0.2, 0.25) is 0 Å². The van der Waals surface area contributed by atoms with E-state index in [1.807, 2.05) is 0 Å². The van der Waals surface area contributed by atoms with E-state index in [0.29, 0.717) is 0 Å². The minimum Gasteiger partial charge on any atom is -0.428 e. The molecule has 1 aliphatic rings. The lowest BCUT2D eigenvalue weighted by atomic mass is 10.0. The van der Waals surface area contributed by atoms with Gasteiger partial charge in [-0.1, -0.05) is 0 Å². The maximum Gasteiger partial charge on any atom is 0.309 e. The van der Waals surface area contributed by atoms with Crippen LogP contribution < -0.4 is 0 Å². The molecule has 18 heavy (non-hydrogen) atoms. The fraction of sp³-hybridized carbons (Fsp3) is 0.778. The molecule has 4 atom stereocenters. The topological polar surface area (TPSA) is 154 Å². The molecule has 0 radical (unpaired) electrons. The summed E-state index contributed by atoms with van der Waals surface area (Å²) in [5.74, 6) is -5.10. The first-order valence-electron chi connectivity index (χ1n) is 5.10. The van der Waals surface area contributed by atoms with Gasteiger partial charge in [-0.3, -0.25) is 9.59 Å². The van der Waals surface area contributed by atoms with E-state index in [1.165, 1.54) is 0 Å². The zero-order valence-electron chi connectivity index (χ0n) is 9.22. The highest BCUT2D eigenvalue weighted by molar-refractivity contribution is 5.78. The molecule has 0 amide bonds. The Morgan fingerprint density at radius 3 is 2.39 bits per heavy atom. The zero-order chi connectivity index (χ0) is 13.9. The van der Waals surface area contributed by atoms with Crippen molar-refractivity contribution in [3.63, 3.8) is 0 Å². The number of carbonyl (C=O) groups excluding carboxylic acids is 2. The highest BCUT2D eigenvalue weighted by atomic mass is 16.7. The summed E-state index contributed by atoms with van der Waals surface area (Å²) >= 11 is 0. The smallest absolute Gasteiger partial charge is 0.309 e. The quantitative estimate of drug-likeness (QED) is 0.328. The number of esters is 2. The maximum atomic E-state index is 11.2. The lowest BCUT2D eigenvalue weighted by Crippen LogP contribution is -2.61. The molecule has 1 saturated heterocycles. The molecule has 0 aromatic rings. The number of cyclic esters (lactones) is 2.